The summed E-state index contributed by atoms with van der Waals surface area (Å²) in [5.74, 6) is 3.19. The largest absolute Gasteiger partial charge is 0.370 e. The summed E-state index contributed by atoms with van der Waals surface area (Å²) in [5.41, 5.74) is 1.23. The van der Waals surface area contributed by atoms with Crippen LogP contribution in [0.15, 0.2) is 6.33 Å². The van der Waals surface area contributed by atoms with Gasteiger partial charge in [0.1, 0.15) is 18.0 Å². The zero-order valence-corrected chi connectivity index (χ0v) is 14.3. The van der Waals surface area contributed by atoms with Gasteiger partial charge < -0.3 is 10.2 Å². The first-order valence-corrected chi connectivity index (χ1v) is 8.88. The minimum absolute atomic E-state index is 0.518. The maximum atomic E-state index is 4.53. The second-order valence-electron chi connectivity index (χ2n) is 4.93. The summed E-state index contributed by atoms with van der Waals surface area (Å²) in [6, 6.07) is 0.518. The van der Waals surface area contributed by atoms with Gasteiger partial charge in [0, 0.05) is 31.0 Å². The summed E-state index contributed by atoms with van der Waals surface area (Å²) in [7, 11) is 2.15. The van der Waals surface area contributed by atoms with E-state index in [9.17, 15) is 0 Å². The van der Waals surface area contributed by atoms with Crippen LogP contribution in [-0.2, 0) is 6.42 Å². The molecule has 0 saturated heterocycles. The highest BCUT2D eigenvalue weighted by Gasteiger charge is 2.19. The average molecular weight is 296 g/mol. The molecule has 0 radical (unpaired) electrons. The van der Waals surface area contributed by atoms with Crippen LogP contribution in [0.4, 0.5) is 11.6 Å². The molecule has 114 valence electrons. The molecule has 1 aromatic rings. The number of anilines is 2. The number of thioether (sulfide) groups is 1. The molecule has 0 spiro atoms. The number of nitrogens with one attached hydrogen (secondary N) is 1. The lowest BCUT2D eigenvalue weighted by Crippen LogP contribution is -2.34. The SMILES string of the molecule is CCCNc1ncnc(N(C)C(CC)CSC)c1CC. The molecule has 1 atom stereocenters. The van der Waals surface area contributed by atoms with Crippen molar-refractivity contribution < 1.29 is 0 Å². The fraction of sp³-hybridized carbons (Fsp3) is 0.733. The van der Waals surface area contributed by atoms with E-state index in [0.29, 0.717) is 6.04 Å². The molecular formula is C15H28N4S. The van der Waals surface area contributed by atoms with Crippen molar-refractivity contribution in [3.05, 3.63) is 11.9 Å². The second kappa shape index (κ2) is 9.06. The molecule has 0 aliphatic heterocycles. The maximum absolute atomic E-state index is 4.53. The molecule has 0 aromatic carbocycles. The van der Waals surface area contributed by atoms with Crippen molar-refractivity contribution >= 4 is 23.4 Å². The number of rotatable bonds is 9. The molecule has 4 nitrogen and oxygen atoms in total. The van der Waals surface area contributed by atoms with Gasteiger partial charge in [0.2, 0.25) is 0 Å². The molecule has 20 heavy (non-hydrogen) atoms. The number of nitrogens with zero attached hydrogens (tertiary/aromatic N) is 3. The van der Waals surface area contributed by atoms with Gasteiger partial charge in [-0.05, 0) is 25.5 Å². The van der Waals surface area contributed by atoms with E-state index in [1.165, 1.54) is 5.56 Å². The lowest BCUT2D eigenvalue weighted by molar-refractivity contribution is 0.662. The van der Waals surface area contributed by atoms with Crippen LogP contribution in [0, 0.1) is 0 Å². The Kier molecular flexibility index (Phi) is 7.73. The molecule has 1 N–H and O–H groups in total. The van der Waals surface area contributed by atoms with E-state index >= 15 is 0 Å². The summed E-state index contributed by atoms with van der Waals surface area (Å²) >= 11 is 1.89. The molecular weight excluding hydrogens is 268 g/mol. The maximum Gasteiger partial charge on any atom is 0.137 e. The molecule has 1 aromatic heterocycles. The Hall–Kier alpha value is -0.970. The zero-order valence-electron chi connectivity index (χ0n) is 13.4. The van der Waals surface area contributed by atoms with Crippen molar-refractivity contribution in [2.75, 3.05) is 35.8 Å². The van der Waals surface area contributed by atoms with E-state index in [-0.39, 0.29) is 0 Å². The highest BCUT2D eigenvalue weighted by molar-refractivity contribution is 7.98. The second-order valence-corrected chi connectivity index (χ2v) is 5.84. The van der Waals surface area contributed by atoms with Crippen LogP contribution in [0.3, 0.4) is 0 Å². The van der Waals surface area contributed by atoms with Crippen molar-refractivity contribution in [1.82, 2.24) is 9.97 Å². The number of aromatic nitrogens is 2. The van der Waals surface area contributed by atoms with Gasteiger partial charge in [0.05, 0.1) is 0 Å². The predicted molar refractivity (Wildman–Crippen MR) is 91.1 cm³/mol. The first-order valence-electron chi connectivity index (χ1n) is 7.48. The summed E-state index contributed by atoms with van der Waals surface area (Å²) in [6.07, 6.45) is 7.01. The average Bonchev–Trinajstić information content (AvgIpc) is 2.49. The van der Waals surface area contributed by atoms with E-state index < -0.39 is 0 Å². The lowest BCUT2D eigenvalue weighted by atomic mass is 10.1. The zero-order chi connectivity index (χ0) is 15.0. The van der Waals surface area contributed by atoms with Crippen LogP contribution in [0.1, 0.15) is 39.2 Å². The van der Waals surface area contributed by atoms with Gasteiger partial charge in [-0.15, -0.1) is 0 Å². The Morgan fingerprint density at radius 3 is 2.60 bits per heavy atom. The topological polar surface area (TPSA) is 41.1 Å². The molecule has 1 unspecified atom stereocenters. The minimum Gasteiger partial charge on any atom is -0.370 e. The standard InChI is InChI=1S/C15H28N4S/c1-6-9-16-14-13(8-3)15(18-11-17-14)19(4)12(7-2)10-20-5/h11-12H,6-10H2,1-5H3,(H,16,17,18). The third kappa shape index (κ3) is 4.27. The van der Waals surface area contributed by atoms with Gasteiger partial charge in [0.25, 0.3) is 0 Å². The third-order valence-electron chi connectivity index (χ3n) is 3.53. The van der Waals surface area contributed by atoms with E-state index in [4.69, 9.17) is 0 Å². The monoisotopic (exact) mass is 296 g/mol. The summed E-state index contributed by atoms with van der Waals surface area (Å²) in [4.78, 5) is 11.3. The molecule has 1 heterocycles. The Morgan fingerprint density at radius 2 is 2.05 bits per heavy atom. The van der Waals surface area contributed by atoms with Gasteiger partial charge >= 0.3 is 0 Å². The van der Waals surface area contributed by atoms with E-state index in [0.717, 1.165) is 43.2 Å². The summed E-state index contributed by atoms with van der Waals surface area (Å²) in [6.45, 7) is 7.52. The van der Waals surface area contributed by atoms with Gasteiger partial charge in [-0.25, -0.2) is 9.97 Å². The molecule has 0 fully saturated rings. The van der Waals surface area contributed by atoms with Crippen LogP contribution < -0.4 is 10.2 Å². The molecule has 0 aliphatic carbocycles. The van der Waals surface area contributed by atoms with Crippen molar-refractivity contribution in [3.63, 3.8) is 0 Å². The van der Waals surface area contributed by atoms with E-state index in [1.54, 1.807) is 6.33 Å². The molecule has 5 heteroatoms. The van der Waals surface area contributed by atoms with Gasteiger partial charge in [-0.1, -0.05) is 20.8 Å². The third-order valence-corrected chi connectivity index (χ3v) is 4.25. The highest BCUT2D eigenvalue weighted by Crippen LogP contribution is 2.26. The van der Waals surface area contributed by atoms with Crippen LogP contribution in [-0.4, -0.2) is 41.6 Å². The molecule has 1 rings (SSSR count). The van der Waals surface area contributed by atoms with Crippen molar-refractivity contribution in [2.45, 2.75) is 46.1 Å². The van der Waals surface area contributed by atoms with Gasteiger partial charge in [-0.2, -0.15) is 11.8 Å². The molecule has 0 aliphatic rings. The van der Waals surface area contributed by atoms with Crippen molar-refractivity contribution in [1.29, 1.82) is 0 Å². The van der Waals surface area contributed by atoms with Gasteiger partial charge in [0.15, 0.2) is 0 Å². The molecule has 0 saturated carbocycles. The molecule has 0 amide bonds. The highest BCUT2D eigenvalue weighted by atomic mass is 32.2. The van der Waals surface area contributed by atoms with Crippen LogP contribution in [0.2, 0.25) is 0 Å². The van der Waals surface area contributed by atoms with E-state index in [1.807, 2.05) is 11.8 Å². The smallest absolute Gasteiger partial charge is 0.137 e. The fourth-order valence-corrected chi connectivity index (χ4v) is 3.14. The quantitative estimate of drug-likeness (QED) is 0.756. The van der Waals surface area contributed by atoms with Crippen LogP contribution in [0.5, 0.6) is 0 Å². The van der Waals surface area contributed by atoms with Crippen molar-refractivity contribution in [2.24, 2.45) is 0 Å². The normalized spacial score (nSPS) is 12.2. The lowest BCUT2D eigenvalue weighted by Gasteiger charge is -2.29. The fourth-order valence-electron chi connectivity index (χ4n) is 2.30. The van der Waals surface area contributed by atoms with Gasteiger partial charge in [-0.3, -0.25) is 0 Å². The Balaban J connectivity index is 3.03. The van der Waals surface area contributed by atoms with Crippen LogP contribution >= 0.6 is 11.8 Å². The Morgan fingerprint density at radius 1 is 1.30 bits per heavy atom. The first-order chi connectivity index (χ1) is 9.69. The van der Waals surface area contributed by atoms with Crippen molar-refractivity contribution in [3.8, 4) is 0 Å². The first kappa shape index (κ1) is 17.1. The molecule has 0 bridgehead atoms. The Bertz CT molecular complexity index is 397. The summed E-state index contributed by atoms with van der Waals surface area (Å²) in [5, 5.41) is 3.42. The Labute approximate surface area is 127 Å². The van der Waals surface area contributed by atoms with Crippen LogP contribution in [0.25, 0.3) is 0 Å². The number of hydrogen-bond acceptors (Lipinski definition) is 5. The predicted octanol–water partition coefficient (Wildman–Crippen LogP) is 3.44. The summed E-state index contributed by atoms with van der Waals surface area (Å²) < 4.78 is 0. The number of hydrogen-bond donors (Lipinski definition) is 1. The van der Waals surface area contributed by atoms with E-state index in [2.05, 4.69) is 54.3 Å². The minimum atomic E-state index is 0.518.